The van der Waals surface area contributed by atoms with Crippen molar-refractivity contribution in [1.82, 2.24) is 69.6 Å². The topological polar surface area (TPSA) is 259 Å². The molecule has 24 nitrogen and oxygen atoms in total. The molecule has 0 radical (unpaired) electrons. The fraction of sp³-hybridized carbons (Fsp3) is 0.558. The number of imidazole rings is 2. The third-order valence-electron chi connectivity index (χ3n) is 11.7. The van der Waals surface area contributed by atoms with Crippen LogP contribution >= 0.6 is 0 Å². The van der Waals surface area contributed by atoms with Gasteiger partial charge in [-0.25, -0.2) is 54.6 Å². The maximum absolute atomic E-state index is 13.8. The molecule has 6 aromatic heterocycles. The predicted molar refractivity (Wildman–Crippen MR) is 255 cm³/mol. The molecule has 6 aromatic rings. The van der Waals surface area contributed by atoms with E-state index in [0.29, 0.717) is 133 Å². The van der Waals surface area contributed by atoms with Crippen LogP contribution in [0.5, 0.6) is 0 Å². The van der Waals surface area contributed by atoms with Crippen LogP contribution < -0.4 is 41.3 Å². The molecule has 0 atom stereocenters. The summed E-state index contributed by atoms with van der Waals surface area (Å²) in [5.41, 5.74) is 6.48. The molecule has 10 heterocycles. The normalized spacial score (nSPS) is 17.2. The summed E-state index contributed by atoms with van der Waals surface area (Å²) in [6.45, 7) is 11.3. The first-order valence-electron chi connectivity index (χ1n) is 23.5. The van der Waals surface area contributed by atoms with Crippen molar-refractivity contribution in [3.05, 3.63) is 24.8 Å². The lowest BCUT2D eigenvalue weighted by molar-refractivity contribution is -0.140. The number of ether oxygens (including phenoxy) is 3. The first kappa shape index (κ1) is 50.9. The van der Waals surface area contributed by atoms with Crippen molar-refractivity contribution in [2.75, 3.05) is 136 Å². The number of carbonyl (C=O) groups is 1. The zero-order chi connectivity index (χ0) is 51.5. The van der Waals surface area contributed by atoms with E-state index in [-0.39, 0.29) is 52.3 Å². The Morgan fingerprint density at radius 3 is 1.38 bits per heavy atom. The van der Waals surface area contributed by atoms with Crippen LogP contribution in [0.15, 0.2) is 24.8 Å². The van der Waals surface area contributed by atoms with Gasteiger partial charge in [-0.15, -0.1) is 0 Å². The highest BCUT2D eigenvalue weighted by Gasteiger charge is 2.36. The molecule has 73 heavy (non-hydrogen) atoms. The summed E-state index contributed by atoms with van der Waals surface area (Å²) in [7, 11) is 0. The zero-order valence-corrected chi connectivity index (χ0v) is 40.2. The third-order valence-corrected chi connectivity index (χ3v) is 11.7. The van der Waals surface area contributed by atoms with Gasteiger partial charge in [-0.3, -0.25) is 14.5 Å². The van der Waals surface area contributed by atoms with Gasteiger partial charge in [0.1, 0.15) is 18.7 Å². The number of hydrogen-bond acceptors (Lipinski definition) is 21. The van der Waals surface area contributed by atoms with Crippen LogP contribution in [-0.4, -0.2) is 188 Å². The van der Waals surface area contributed by atoms with Crippen molar-refractivity contribution in [2.45, 2.75) is 51.8 Å². The Morgan fingerprint density at radius 1 is 0.603 bits per heavy atom. The predicted octanol–water partition coefficient (Wildman–Crippen LogP) is 3.11. The van der Waals surface area contributed by atoms with Crippen molar-refractivity contribution >= 4 is 63.9 Å². The van der Waals surface area contributed by atoms with Gasteiger partial charge in [-0.1, -0.05) is 0 Å². The van der Waals surface area contributed by atoms with Gasteiger partial charge >= 0.3 is 18.4 Å². The van der Waals surface area contributed by atoms with Gasteiger partial charge in [-0.05, 0) is 20.8 Å². The van der Waals surface area contributed by atoms with E-state index < -0.39 is 37.1 Å². The number of morpholine rings is 2. The lowest BCUT2D eigenvalue weighted by atomic mass is 10.2. The smallest absolute Gasteiger partial charge is 0.414 e. The van der Waals surface area contributed by atoms with E-state index in [4.69, 9.17) is 24.9 Å². The van der Waals surface area contributed by atoms with Crippen LogP contribution in [0.3, 0.4) is 0 Å². The average Bonchev–Trinajstić information content (AvgIpc) is 3.90. The summed E-state index contributed by atoms with van der Waals surface area (Å²) < 4.78 is 101. The number of hydrogen-bond donors (Lipinski definition) is 4. The number of amides is 1. The van der Waals surface area contributed by atoms with Crippen molar-refractivity contribution < 1.29 is 45.3 Å². The number of nitrogens with two attached hydrogens (primary N) is 1. The summed E-state index contributed by atoms with van der Waals surface area (Å²) in [6, 6.07) is 0. The Morgan fingerprint density at radius 2 is 1.00 bits per heavy atom. The van der Waals surface area contributed by atoms with Gasteiger partial charge in [-0.2, -0.15) is 26.3 Å². The van der Waals surface area contributed by atoms with Gasteiger partial charge in [0, 0.05) is 103 Å². The number of aromatic nitrogens is 12. The Balaban J connectivity index is 0.000000183. The monoisotopic (exact) mass is 1030 g/mol. The molecule has 4 saturated heterocycles. The second kappa shape index (κ2) is 21.2. The quantitative estimate of drug-likeness (QED) is 0.152. The van der Waals surface area contributed by atoms with Crippen molar-refractivity contribution in [3.8, 4) is 22.8 Å². The van der Waals surface area contributed by atoms with Crippen molar-refractivity contribution in [2.24, 2.45) is 0 Å². The minimum atomic E-state index is -4.50. The van der Waals surface area contributed by atoms with Crippen molar-refractivity contribution in [1.29, 1.82) is 0 Å². The van der Waals surface area contributed by atoms with Crippen LogP contribution in [-0.2, 0) is 27.3 Å². The number of rotatable bonds is 9. The Hall–Kier alpha value is -7.05. The number of carbonyl (C=O) groups excluding carboxylic acids is 1. The van der Waals surface area contributed by atoms with Gasteiger partial charge in [0.25, 0.3) is 0 Å². The highest BCUT2D eigenvalue weighted by Crippen LogP contribution is 2.36. The van der Waals surface area contributed by atoms with Crippen LogP contribution in [0.2, 0.25) is 0 Å². The Bertz CT molecular complexity index is 2850. The largest absolute Gasteiger partial charge is 0.444 e. The van der Waals surface area contributed by atoms with Gasteiger partial charge in [0.15, 0.2) is 45.6 Å². The number of piperazine rings is 2. The molecule has 4 fully saturated rings. The maximum atomic E-state index is 13.8. The first-order chi connectivity index (χ1) is 34.9. The van der Waals surface area contributed by atoms with Gasteiger partial charge in [0.05, 0.1) is 37.6 Å². The second-order valence-corrected chi connectivity index (χ2v) is 18.2. The van der Waals surface area contributed by atoms with E-state index in [1.165, 1.54) is 24.8 Å². The van der Waals surface area contributed by atoms with Crippen LogP contribution in [0.1, 0.15) is 20.8 Å². The summed E-state index contributed by atoms with van der Waals surface area (Å²) in [5.74, 6) is 1.73. The number of alkyl halides is 6. The lowest BCUT2D eigenvalue weighted by Gasteiger charge is -2.28. The van der Waals surface area contributed by atoms with Crippen LogP contribution in [0, 0.1) is 0 Å². The zero-order valence-electron chi connectivity index (χ0n) is 40.2. The highest BCUT2D eigenvalue weighted by molar-refractivity contribution is 5.89. The number of fused-ring (bicyclic) bond motifs is 2. The molecule has 30 heteroatoms. The molecule has 392 valence electrons. The average molecular weight is 1030 g/mol. The van der Waals surface area contributed by atoms with E-state index in [9.17, 15) is 31.1 Å². The molecule has 5 N–H and O–H groups in total. The molecule has 1 amide bonds. The van der Waals surface area contributed by atoms with E-state index in [1.807, 2.05) is 19.6 Å². The molecule has 0 unspecified atom stereocenters. The number of nitrogens with one attached hydrogen (secondary N) is 3. The molecule has 0 aromatic carbocycles. The number of halogens is 6. The molecule has 0 bridgehead atoms. The fourth-order valence-electron chi connectivity index (χ4n) is 8.42. The standard InChI is InChI=1S/C24H31F3N10O3.C19H23F3N10O/c1-23(2,3)40-22(38)34-20-29-12-15(13-30-20)17-32-18(35-8-10-39-11-9-35)16-19(33-17)37(14-24(25,26)27)21(31-16)36-6-4-28-5-7-36;20-19(21,22)11-32-16-13(27-18(32)31-3-1-24-2-4-31)15(30-5-7-33-8-6-30)28-14(29-16)12-9-25-17(23)26-10-12/h12-13,28H,4-11,14H2,1-3H3,(H,29,30,34,38);9-10,24H,1-8,11H2,(H2,23,25,26). The molecule has 10 rings (SSSR count). The number of nitrogen functional groups attached to an aromatic ring is 1. The van der Waals surface area contributed by atoms with E-state index in [2.05, 4.69) is 60.8 Å². The number of nitrogens with zero attached hydrogens (tertiary/aromatic N) is 16. The minimum Gasteiger partial charge on any atom is -0.444 e. The summed E-state index contributed by atoms with van der Waals surface area (Å²) >= 11 is 0. The molecule has 0 saturated carbocycles. The van der Waals surface area contributed by atoms with Crippen molar-refractivity contribution in [3.63, 3.8) is 0 Å². The van der Waals surface area contributed by atoms with E-state index in [0.717, 1.165) is 9.13 Å². The summed E-state index contributed by atoms with van der Waals surface area (Å²) in [6.07, 6.45) is -3.98. The van der Waals surface area contributed by atoms with E-state index >= 15 is 0 Å². The molecule has 0 aliphatic carbocycles. The van der Waals surface area contributed by atoms with Gasteiger partial charge < -0.3 is 50.2 Å². The molecular weight excluding hydrogens is 975 g/mol. The lowest BCUT2D eigenvalue weighted by Crippen LogP contribution is -2.45. The summed E-state index contributed by atoms with van der Waals surface area (Å²) in [5, 5.41) is 8.87. The van der Waals surface area contributed by atoms with Gasteiger partial charge in [0.2, 0.25) is 23.8 Å². The summed E-state index contributed by atoms with van der Waals surface area (Å²) in [4.78, 5) is 63.6. The Labute approximate surface area is 413 Å². The molecule has 4 aliphatic heterocycles. The maximum Gasteiger partial charge on any atom is 0.414 e. The molecule has 4 aliphatic rings. The third kappa shape index (κ3) is 12.4. The second-order valence-electron chi connectivity index (χ2n) is 18.2. The molecular formula is C43H54F6N20O4. The van der Waals surface area contributed by atoms with E-state index in [1.54, 1.807) is 20.8 Å². The minimum absolute atomic E-state index is 0.00408. The SMILES string of the molecule is CC(C)(C)OC(=O)Nc1ncc(-c2nc(N3CCOCC3)c3nc(N4CCNCC4)n(CC(F)(F)F)c3n2)cn1.Nc1ncc(-c2nc(N3CCOCC3)c3nc(N4CCNCC4)n(CC(F)(F)F)c3n2)cn1. The first-order valence-corrected chi connectivity index (χ1v) is 23.5. The fourth-order valence-corrected chi connectivity index (χ4v) is 8.42. The highest BCUT2D eigenvalue weighted by atomic mass is 19.4. The molecule has 0 spiro atoms. The van der Waals surface area contributed by atoms with Crippen LogP contribution in [0.25, 0.3) is 45.1 Å². The number of anilines is 6. The Kier molecular flexibility index (Phi) is 14.8. The van der Waals surface area contributed by atoms with Crippen LogP contribution in [0.4, 0.5) is 66.6 Å².